The van der Waals surface area contributed by atoms with E-state index < -0.39 is 18.4 Å². The summed E-state index contributed by atoms with van der Waals surface area (Å²) in [6.45, 7) is -0.156. The molecule has 1 amide bonds. The number of nitrogens with zero attached hydrogens (tertiary/aromatic N) is 3. The fraction of sp³-hybridized carbons (Fsp3) is 0.471. The third kappa shape index (κ3) is 3.11. The molecule has 4 rings (SSSR count). The fourth-order valence-corrected chi connectivity index (χ4v) is 4.91. The van der Waals surface area contributed by atoms with Crippen molar-refractivity contribution in [2.45, 2.75) is 31.2 Å². The van der Waals surface area contributed by atoms with Crippen LogP contribution in [0.2, 0.25) is 0 Å². The maximum Gasteiger partial charge on any atom is 0.264 e. The van der Waals surface area contributed by atoms with Crippen molar-refractivity contribution in [1.82, 2.24) is 15.1 Å². The molecule has 5 nitrogen and oxygen atoms in total. The third-order valence-corrected chi connectivity index (χ3v) is 6.64. The Morgan fingerprint density at radius 3 is 2.88 bits per heavy atom. The minimum absolute atomic E-state index is 0.0426. The van der Waals surface area contributed by atoms with E-state index in [-0.39, 0.29) is 18.4 Å². The van der Waals surface area contributed by atoms with Crippen LogP contribution in [-0.2, 0) is 6.67 Å². The van der Waals surface area contributed by atoms with Crippen LogP contribution >= 0.6 is 27.3 Å². The van der Waals surface area contributed by atoms with Crippen molar-refractivity contribution >= 4 is 39.0 Å². The normalized spacial score (nSPS) is 27.6. The summed E-state index contributed by atoms with van der Waals surface area (Å²) in [5.41, 5.74) is -1.50. The lowest BCUT2D eigenvalue weighted by Gasteiger charge is -2.28. The molecule has 0 bridgehead atoms. The average Bonchev–Trinajstić information content (AvgIpc) is 3.31. The van der Waals surface area contributed by atoms with Crippen LogP contribution < -0.4 is 5.32 Å². The zero-order chi connectivity index (χ0) is 18.3. The van der Waals surface area contributed by atoms with Gasteiger partial charge in [-0.15, -0.1) is 21.5 Å². The number of thiophene rings is 1. The van der Waals surface area contributed by atoms with Gasteiger partial charge in [-0.05, 0) is 53.0 Å². The molecular formula is C17H17BrF2N4OS. The zero-order valence-corrected chi connectivity index (χ0v) is 16.2. The number of hydrogen-bond acceptors (Lipinski definition) is 5. The number of anilines is 1. The van der Waals surface area contributed by atoms with Gasteiger partial charge in [-0.2, -0.15) is 0 Å². The molecular weight excluding hydrogens is 426 g/mol. The number of nitrogens with one attached hydrogen (secondary N) is 1. The maximum atomic E-state index is 15.8. The molecule has 0 radical (unpaired) electrons. The van der Waals surface area contributed by atoms with Crippen molar-refractivity contribution in [3.8, 4) is 0 Å². The van der Waals surface area contributed by atoms with E-state index in [1.165, 1.54) is 0 Å². The second-order valence-electron chi connectivity index (χ2n) is 6.72. The molecule has 138 valence electrons. The number of alkyl halides is 2. The lowest BCUT2D eigenvalue weighted by molar-refractivity contribution is 0.0745. The van der Waals surface area contributed by atoms with Gasteiger partial charge in [-0.1, -0.05) is 0 Å². The third-order valence-electron chi connectivity index (χ3n) is 5.18. The number of carbonyl (C=O) groups excluding carboxylic acids is 1. The Kier molecular flexibility index (Phi) is 4.68. The Hall–Kier alpha value is -1.61. The number of amides is 1. The first-order valence-electron chi connectivity index (χ1n) is 8.38. The lowest BCUT2D eigenvalue weighted by atomic mass is 9.94. The van der Waals surface area contributed by atoms with E-state index in [9.17, 15) is 9.18 Å². The highest BCUT2D eigenvalue weighted by molar-refractivity contribution is 9.10. The monoisotopic (exact) mass is 442 g/mol. The number of carbonyl (C=O) groups is 1. The Bertz CT molecular complexity index is 817. The predicted molar refractivity (Wildman–Crippen MR) is 98.7 cm³/mol. The Morgan fingerprint density at radius 2 is 2.19 bits per heavy atom. The average molecular weight is 443 g/mol. The Balaban J connectivity index is 1.48. The highest BCUT2D eigenvalue weighted by Crippen LogP contribution is 2.46. The first-order valence-corrected chi connectivity index (χ1v) is 9.99. The summed E-state index contributed by atoms with van der Waals surface area (Å²) >= 11 is 4.36. The van der Waals surface area contributed by atoms with Gasteiger partial charge in [-0.25, -0.2) is 8.78 Å². The molecule has 3 heterocycles. The van der Waals surface area contributed by atoms with E-state index in [1.54, 1.807) is 29.2 Å². The highest BCUT2D eigenvalue weighted by Gasteiger charge is 2.57. The van der Waals surface area contributed by atoms with Gasteiger partial charge in [-0.3, -0.25) is 4.79 Å². The molecule has 1 N–H and O–H groups in total. The molecule has 1 aliphatic carbocycles. The van der Waals surface area contributed by atoms with Gasteiger partial charge in [0.05, 0.1) is 17.5 Å². The molecule has 9 heteroatoms. The van der Waals surface area contributed by atoms with Gasteiger partial charge in [0.25, 0.3) is 5.91 Å². The SMILES string of the molecule is O=C(c1ccc(CF)s1)N1C[C@@H]2CC[C@@H](Nc3ccc(Br)nn3)[C@]2(F)C1. The smallest absolute Gasteiger partial charge is 0.264 e. The second kappa shape index (κ2) is 6.84. The van der Waals surface area contributed by atoms with Crippen molar-refractivity contribution in [2.75, 3.05) is 18.4 Å². The molecule has 3 atom stereocenters. The van der Waals surface area contributed by atoms with E-state index in [4.69, 9.17) is 0 Å². The first-order chi connectivity index (χ1) is 12.5. The Morgan fingerprint density at radius 1 is 1.35 bits per heavy atom. The van der Waals surface area contributed by atoms with Crippen molar-refractivity contribution in [3.63, 3.8) is 0 Å². The van der Waals surface area contributed by atoms with Gasteiger partial charge in [0.2, 0.25) is 0 Å². The van der Waals surface area contributed by atoms with Crippen molar-refractivity contribution in [3.05, 3.63) is 38.6 Å². The molecule has 2 aliphatic rings. The Labute approximate surface area is 161 Å². The standard InChI is InChI=1S/C17H17BrF2N4OS/c18-14-5-6-15(23-22-14)21-13-4-1-10-8-24(9-17(10,13)20)16(25)12-3-2-11(7-19)26-12/h2-3,5-6,10,13H,1,4,7-9H2,(H,21,23)/t10-,13+,17-/m0/s1. The van der Waals surface area contributed by atoms with E-state index in [1.807, 2.05) is 0 Å². The summed E-state index contributed by atoms with van der Waals surface area (Å²) in [7, 11) is 0. The summed E-state index contributed by atoms with van der Waals surface area (Å²) in [5, 5.41) is 11.1. The lowest BCUT2D eigenvalue weighted by Crippen LogP contribution is -2.45. The molecule has 1 saturated heterocycles. The summed E-state index contributed by atoms with van der Waals surface area (Å²) in [4.78, 5) is 15.2. The van der Waals surface area contributed by atoms with E-state index in [0.29, 0.717) is 39.6 Å². The van der Waals surface area contributed by atoms with Crippen molar-refractivity contribution in [1.29, 1.82) is 0 Å². The highest BCUT2D eigenvalue weighted by atomic mass is 79.9. The van der Waals surface area contributed by atoms with Crippen LogP contribution in [0.25, 0.3) is 0 Å². The summed E-state index contributed by atoms with van der Waals surface area (Å²) in [6.07, 6.45) is 1.40. The quantitative estimate of drug-likeness (QED) is 0.781. The molecule has 2 aromatic rings. The molecule has 26 heavy (non-hydrogen) atoms. The van der Waals surface area contributed by atoms with Crippen LogP contribution in [0.5, 0.6) is 0 Å². The van der Waals surface area contributed by atoms with Gasteiger partial charge >= 0.3 is 0 Å². The molecule has 1 saturated carbocycles. The molecule has 0 aromatic carbocycles. The van der Waals surface area contributed by atoms with Gasteiger partial charge in [0.15, 0.2) is 5.67 Å². The van der Waals surface area contributed by atoms with Crippen molar-refractivity contribution < 1.29 is 13.6 Å². The summed E-state index contributed by atoms with van der Waals surface area (Å²) in [6, 6.07) is 6.31. The number of rotatable bonds is 4. The zero-order valence-electron chi connectivity index (χ0n) is 13.8. The van der Waals surface area contributed by atoms with Crippen LogP contribution in [0.3, 0.4) is 0 Å². The van der Waals surface area contributed by atoms with Gasteiger partial charge in [0, 0.05) is 17.3 Å². The minimum Gasteiger partial charge on any atom is -0.363 e. The first kappa shape index (κ1) is 17.8. The number of likely N-dealkylation sites (tertiary alicyclic amines) is 1. The maximum absolute atomic E-state index is 15.8. The van der Waals surface area contributed by atoms with Gasteiger partial charge in [0.1, 0.15) is 17.1 Å². The van der Waals surface area contributed by atoms with Crippen LogP contribution in [0.15, 0.2) is 28.9 Å². The van der Waals surface area contributed by atoms with E-state index in [2.05, 4.69) is 31.4 Å². The van der Waals surface area contributed by atoms with E-state index in [0.717, 1.165) is 11.3 Å². The number of halogens is 3. The predicted octanol–water partition coefficient (Wildman–Crippen LogP) is 3.82. The van der Waals surface area contributed by atoms with Crippen LogP contribution in [0.4, 0.5) is 14.6 Å². The fourth-order valence-electron chi connectivity index (χ4n) is 3.88. The minimum atomic E-state index is -1.50. The van der Waals surface area contributed by atoms with Crippen molar-refractivity contribution in [2.24, 2.45) is 5.92 Å². The summed E-state index contributed by atoms with van der Waals surface area (Å²) in [5.74, 6) is 0.0998. The largest absolute Gasteiger partial charge is 0.363 e. The van der Waals surface area contributed by atoms with Gasteiger partial charge < -0.3 is 10.2 Å². The number of hydrogen-bond donors (Lipinski definition) is 1. The topological polar surface area (TPSA) is 58.1 Å². The number of fused-ring (bicyclic) bond motifs is 1. The van der Waals surface area contributed by atoms with Crippen LogP contribution in [0, 0.1) is 5.92 Å². The molecule has 0 spiro atoms. The number of aromatic nitrogens is 2. The van der Waals surface area contributed by atoms with Crippen LogP contribution in [0.1, 0.15) is 27.4 Å². The molecule has 0 unspecified atom stereocenters. The molecule has 1 aliphatic heterocycles. The molecule has 2 aromatic heterocycles. The van der Waals surface area contributed by atoms with Crippen LogP contribution in [-0.4, -0.2) is 45.8 Å². The second-order valence-corrected chi connectivity index (χ2v) is 8.71. The van der Waals surface area contributed by atoms with E-state index >= 15 is 4.39 Å². The summed E-state index contributed by atoms with van der Waals surface area (Å²) < 4.78 is 29.1. The molecule has 2 fully saturated rings.